The lowest BCUT2D eigenvalue weighted by Crippen LogP contribution is -2.03. The Hall–Kier alpha value is -1.35. The third kappa shape index (κ3) is 2.73. The van der Waals surface area contributed by atoms with Crippen LogP contribution in [0.1, 0.15) is 15.9 Å². The van der Waals surface area contributed by atoms with Gasteiger partial charge in [-0.2, -0.15) is 0 Å². The molecule has 1 nitrogen and oxygen atoms in total. The number of benzene rings is 2. The quantitative estimate of drug-likeness (QED) is 0.571. The largest absolute Gasteiger partial charge is 0.294 e. The molecule has 2 aromatic carbocycles. The second-order valence-electron chi connectivity index (χ2n) is 4.52. The van der Waals surface area contributed by atoms with E-state index in [9.17, 15) is 4.79 Å². The molecule has 0 saturated heterocycles. The van der Waals surface area contributed by atoms with E-state index < -0.39 is 0 Å². The van der Waals surface area contributed by atoms with E-state index in [1.807, 2.05) is 23.6 Å². The minimum atomic E-state index is 0.0259. The minimum absolute atomic E-state index is 0.0259. The second-order valence-corrected chi connectivity index (χ2v) is 6.30. The van der Waals surface area contributed by atoms with E-state index in [1.54, 1.807) is 29.5 Å². The molecule has 0 N–H and O–H groups in total. The summed E-state index contributed by atoms with van der Waals surface area (Å²) in [6.07, 6.45) is 0.362. The summed E-state index contributed by atoms with van der Waals surface area (Å²) in [5.41, 5.74) is 1.60. The lowest BCUT2D eigenvalue weighted by atomic mass is 10.0. The normalized spacial score (nSPS) is 10.9. The Labute approximate surface area is 130 Å². The van der Waals surface area contributed by atoms with Gasteiger partial charge in [-0.25, -0.2) is 0 Å². The molecule has 0 fully saturated rings. The van der Waals surface area contributed by atoms with Gasteiger partial charge in [0.1, 0.15) is 0 Å². The van der Waals surface area contributed by atoms with Crippen molar-refractivity contribution in [3.8, 4) is 0 Å². The lowest BCUT2D eigenvalue weighted by Gasteiger charge is -2.02. The van der Waals surface area contributed by atoms with Crippen molar-refractivity contribution in [2.24, 2.45) is 0 Å². The molecule has 0 aliphatic heterocycles. The molecular weight excluding hydrogens is 311 g/mol. The molecule has 3 rings (SSSR count). The van der Waals surface area contributed by atoms with Crippen LogP contribution in [0.3, 0.4) is 0 Å². The minimum Gasteiger partial charge on any atom is -0.294 e. The van der Waals surface area contributed by atoms with Crippen LogP contribution in [0.5, 0.6) is 0 Å². The van der Waals surface area contributed by atoms with Crippen LogP contribution < -0.4 is 0 Å². The highest BCUT2D eigenvalue weighted by molar-refractivity contribution is 7.17. The summed E-state index contributed by atoms with van der Waals surface area (Å²) in [6.45, 7) is 0. The molecule has 0 aliphatic rings. The molecule has 20 heavy (non-hydrogen) atoms. The molecule has 0 amide bonds. The first-order valence-corrected chi connectivity index (χ1v) is 7.71. The summed E-state index contributed by atoms with van der Waals surface area (Å²) in [5, 5.41) is 4.14. The number of carbonyl (C=O) groups excluding carboxylic acids is 1. The van der Waals surface area contributed by atoms with Gasteiger partial charge in [0, 0.05) is 26.7 Å². The second kappa shape index (κ2) is 5.57. The smallest absolute Gasteiger partial charge is 0.167 e. The molecule has 0 spiro atoms. The summed E-state index contributed by atoms with van der Waals surface area (Å²) in [7, 11) is 0. The third-order valence-corrected chi connectivity index (χ3v) is 4.55. The number of thiophene rings is 1. The van der Waals surface area contributed by atoms with Crippen molar-refractivity contribution in [2.45, 2.75) is 6.42 Å². The summed E-state index contributed by atoms with van der Waals surface area (Å²) >= 11 is 13.5. The SMILES string of the molecule is O=C(Cc1csc2ccccc12)c1cc(Cl)cc(Cl)c1. The first kappa shape index (κ1) is 13.6. The summed E-state index contributed by atoms with van der Waals surface area (Å²) < 4.78 is 1.19. The maximum Gasteiger partial charge on any atom is 0.167 e. The molecule has 3 aromatic rings. The van der Waals surface area contributed by atoms with Gasteiger partial charge < -0.3 is 0 Å². The Balaban J connectivity index is 1.92. The van der Waals surface area contributed by atoms with Gasteiger partial charge in [-0.05, 0) is 40.6 Å². The lowest BCUT2D eigenvalue weighted by molar-refractivity contribution is 0.0993. The van der Waals surface area contributed by atoms with Crippen molar-refractivity contribution in [2.75, 3.05) is 0 Å². The van der Waals surface area contributed by atoms with Crippen molar-refractivity contribution in [1.29, 1.82) is 0 Å². The van der Waals surface area contributed by atoms with E-state index in [0.29, 0.717) is 22.0 Å². The number of carbonyl (C=O) groups is 1. The van der Waals surface area contributed by atoms with Gasteiger partial charge in [0.15, 0.2) is 5.78 Å². The van der Waals surface area contributed by atoms with Crippen LogP contribution in [-0.4, -0.2) is 5.78 Å². The van der Waals surface area contributed by atoms with E-state index in [-0.39, 0.29) is 5.78 Å². The van der Waals surface area contributed by atoms with Crippen molar-refractivity contribution in [3.05, 3.63) is 69.0 Å². The van der Waals surface area contributed by atoms with Crippen LogP contribution in [-0.2, 0) is 6.42 Å². The van der Waals surface area contributed by atoms with Crippen LogP contribution in [0.15, 0.2) is 47.8 Å². The number of hydrogen-bond donors (Lipinski definition) is 0. The molecule has 0 saturated carbocycles. The molecule has 100 valence electrons. The molecule has 0 radical (unpaired) electrons. The van der Waals surface area contributed by atoms with E-state index in [0.717, 1.165) is 10.9 Å². The predicted molar refractivity (Wildman–Crippen MR) is 86.3 cm³/mol. The first-order chi connectivity index (χ1) is 9.63. The zero-order chi connectivity index (χ0) is 14.1. The van der Waals surface area contributed by atoms with Crippen LogP contribution in [0.4, 0.5) is 0 Å². The molecule has 0 bridgehead atoms. The summed E-state index contributed by atoms with van der Waals surface area (Å²) in [6, 6.07) is 13.0. The van der Waals surface area contributed by atoms with Crippen molar-refractivity contribution in [1.82, 2.24) is 0 Å². The Kier molecular flexibility index (Phi) is 3.79. The highest BCUT2D eigenvalue weighted by Gasteiger charge is 2.12. The van der Waals surface area contributed by atoms with Gasteiger partial charge in [-0.3, -0.25) is 4.79 Å². The van der Waals surface area contributed by atoms with Gasteiger partial charge in [0.2, 0.25) is 0 Å². The third-order valence-electron chi connectivity index (χ3n) is 3.10. The molecule has 1 heterocycles. The molecule has 4 heteroatoms. The molecule has 0 aliphatic carbocycles. The van der Waals surface area contributed by atoms with Crippen molar-refractivity contribution in [3.63, 3.8) is 0 Å². The average molecular weight is 321 g/mol. The Morgan fingerprint density at radius 3 is 2.50 bits per heavy atom. The van der Waals surface area contributed by atoms with Crippen LogP contribution in [0, 0.1) is 0 Å². The molecule has 0 atom stereocenters. The number of ketones is 1. The Morgan fingerprint density at radius 2 is 1.75 bits per heavy atom. The number of fused-ring (bicyclic) bond motifs is 1. The fraction of sp³-hybridized carbons (Fsp3) is 0.0625. The van der Waals surface area contributed by atoms with Gasteiger partial charge in [-0.1, -0.05) is 41.4 Å². The topological polar surface area (TPSA) is 17.1 Å². The van der Waals surface area contributed by atoms with Crippen LogP contribution in [0.2, 0.25) is 10.0 Å². The summed E-state index contributed by atoms with van der Waals surface area (Å²) in [4.78, 5) is 12.3. The Morgan fingerprint density at radius 1 is 1.05 bits per heavy atom. The van der Waals surface area contributed by atoms with Gasteiger partial charge in [-0.15, -0.1) is 11.3 Å². The molecular formula is C16H10Cl2OS. The van der Waals surface area contributed by atoms with E-state index in [1.165, 1.54) is 4.70 Å². The van der Waals surface area contributed by atoms with E-state index >= 15 is 0 Å². The van der Waals surface area contributed by atoms with E-state index in [4.69, 9.17) is 23.2 Å². The fourth-order valence-electron chi connectivity index (χ4n) is 2.16. The number of Topliss-reactive ketones (excluding diaryl/α,β-unsaturated/α-hetero) is 1. The standard InChI is InChI=1S/C16H10Cl2OS/c17-12-5-10(6-13(18)8-12)15(19)7-11-9-20-16-4-2-1-3-14(11)16/h1-6,8-9H,7H2. The van der Waals surface area contributed by atoms with Crippen molar-refractivity contribution < 1.29 is 4.79 Å². The Bertz CT molecular complexity index is 772. The number of halogens is 2. The fourth-order valence-corrected chi connectivity index (χ4v) is 3.65. The van der Waals surface area contributed by atoms with Gasteiger partial charge >= 0.3 is 0 Å². The van der Waals surface area contributed by atoms with Gasteiger partial charge in [0.05, 0.1) is 0 Å². The molecule has 0 unspecified atom stereocenters. The zero-order valence-corrected chi connectivity index (χ0v) is 12.7. The van der Waals surface area contributed by atoms with Crippen molar-refractivity contribution >= 4 is 50.4 Å². The molecule has 1 aromatic heterocycles. The van der Waals surface area contributed by atoms with E-state index in [2.05, 4.69) is 6.07 Å². The number of rotatable bonds is 3. The van der Waals surface area contributed by atoms with Gasteiger partial charge in [0.25, 0.3) is 0 Å². The predicted octanol–water partition coefficient (Wildman–Crippen LogP) is 5.63. The highest BCUT2D eigenvalue weighted by Crippen LogP contribution is 2.27. The average Bonchev–Trinajstić information content (AvgIpc) is 2.81. The van der Waals surface area contributed by atoms with Crippen LogP contribution in [0.25, 0.3) is 10.1 Å². The highest BCUT2D eigenvalue weighted by atomic mass is 35.5. The first-order valence-electron chi connectivity index (χ1n) is 6.08. The maximum absolute atomic E-state index is 12.3. The summed E-state index contributed by atoms with van der Waals surface area (Å²) in [5.74, 6) is 0.0259. The van der Waals surface area contributed by atoms with Crippen LogP contribution >= 0.6 is 34.5 Å². The zero-order valence-electron chi connectivity index (χ0n) is 10.4. The maximum atomic E-state index is 12.3. The number of hydrogen-bond acceptors (Lipinski definition) is 2. The monoisotopic (exact) mass is 320 g/mol.